The highest BCUT2D eigenvalue weighted by Crippen LogP contribution is 2.04. The van der Waals surface area contributed by atoms with Crippen LogP contribution in [0.15, 0.2) is 35.3 Å². The van der Waals surface area contributed by atoms with Gasteiger partial charge in [0.15, 0.2) is 5.96 Å². The van der Waals surface area contributed by atoms with E-state index in [-0.39, 0.29) is 36.4 Å². The second-order valence-electron chi connectivity index (χ2n) is 4.72. The van der Waals surface area contributed by atoms with Gasteiger partial charge in [0.1, 0.15) is 6.54 Å². The van der Waals surface area contributed by atoms with Crippen LogP contribution in [0.5, 0.6) is 0 Å². The molecule has 4 N–H and O–H groups in total. The van der Waals surface area contributed by atoms with Gasteiger partial charge in [-0.2, -0.15) is 0 Å². The van der Waals surface area contributed by atoms with Crippen LogP contribution >= 0.6 is 24.0 Å². The fourth-order valence-electron chi connectivity index (χ4n) is 1.42. The van der Waals surface area contributed by atoms with Gasteiger partial charge in [-0.3, -0.25) is 4.79 Å². The third-order valence-electron chi connectivity index (χ3n) is 2.48. The average Bonchev–Trinajstić information content (AvgIpc) is 2.37. The molecule has 1 rings (SSSR count). The first kappa shape index (κ1) is 18.7. The predicted molar refractivity (Wildman–Crippen MR) is 94.4 cm³/mol. The van der Waals surface area contributed by atoms with Crippen molar-refractivity contribution in [2.75, 3.05) is 18.4 Å². The Balaban J connectivity index is 0.00000361. The quantitative estimate of drug-likeness (QED) is 0.396. The third kappa shape index (κ3) is 8.73. The summed E-state index contributed by atoms with van der Waals surface area (Å²) >= 11 is 0. The Morgan fingerprint density at radius 1 is 1.30 bits per heavy atom. The van der Waals surface area contributed by atoms with Gasteiger partial charge in [0, 0.05) is 12.2 Å². The first-order valence-corrected chi connectivity index (χ1v) is 6.46. The minimum Gasteiger partial charge on any atom is -0.370 e. The minimum atomic E-state index is -0.181. The fraction of sp³-hybridized carbons (Fsp3) is 0.429. The van der Waals surface area contributed by atoms with Gasteiger partial charge < -0.3 is 16.4 Å². The zero-order valence-corrected chi connectivity index (χ0v) is 14.3. The highest BCUT2D eigenvalue weighted by Gasteiger charge is 2.01. The van der Waals surface area contributed by atoms with Crippen LogP contribution in [0.25, 0.3) is 0 Å². The number of carbonyl (C=O) groups is 1. The number of para-hydroxylation sites is 1. The van der Waals surface area contributed by atoms with Crippen LogP contribution < -0.4 is 16.4 Å². The monoisotopic (exact) mass is 390 g/mol. The van der Waals surface area contributed by atoms with E-state index < -0.39 is 0 Å². The molecule has 0 fully saturated rings. The van der Waals surface area contributed by atoms with E-state index in [1.165, 1.54) is 0 Å². The number of aliphatic imine (C=N–C) groups is 1. The van der Waals surface area contributed by atoms with E-state index in [0.717, 1.165) is 18.7 Å². The van der Waals surface area contributed by atoms with Gasteiger partial charge in [-0.1, -0.05) is 32.0 Å². The van der Waals surface area contributed by atoms with Crippen molar-refractivity contribution in [2.24, 2.45) is 16.6 Å². The first-order valence-electron chi connectivity index (χ1n) is 6.46. The Labute approximate surface area is 137 Å². The number of benzene rings is 1. The molecule has 0 spiro atoms. The van der Waals surface area contributed by atoms with Crippen LogP contribution in [-0.4, -0.2) is 25.0 Å². The standard InChI is InChI=1S/C14H22N4O.HI/c1-11(2)8-9-16-14(15)17-10-13(19)18-12-6-4-3-5-7-12;/h3-7,11H,8-10H2,1-2H3,(H,18,19)(H3,15,16,17);1H. The molecule has 0 aliphatic carbocycles. The molecule has 0 saturated heterocycles. The van der Waals surface area contributed by atoms with Crippen LogP contribution in [0, 0.1) is 5.92 Å². The Morgan fingerprint density at radius 3 is 2.55 bits per heavy atom. The van der Waals surface area contributed by atoms with Gasteiger partial charge in [-0.05, 0) is 24.5 Å². The summed E-state index contributed by atoms with van der Waals surface area (Å²) in [5.74, 6) is 0.741. The van der Waals surface area contributed by atoms with Crippen molar-refractivity contribution in [3.63, 3.8) is 0 Å². The zero-order valence-electron chi connectivity index (χ0n) is 11.9. The summed E-state index contributed by atoms with van der Waals surface area (Å²) < 4.78 is 0. The smallest absolute Gasteiger partial charge is 0.246 e. The van der Waals surface area contributed by atoms with Gasteiger partial charge >= 0.3 is 0 Å². The van der Waals surface area contributed by atoms with E-state index in [9.17, 15) is 4.79 Å². The lowest BCUT2D eigenvalue weighted by Gasteiger charge is -2.07. The van der Waals surface area contributed by atoms with Gasteiger partial charge in [-0.25, -0.2) is 4.99 Å². The van der Waals surface area contributed by atoms with Crippen molar-refractivity contribution in [1.82, 2.24) is 5.32 Å². The number of nitrogens with one attached hydrogen (secondary N) is 2. The Hall–Kier alpha value is -1.31. The molecule has 0 aliphatic heterocycles. The van der Waals surface area contributed by atoms with Crippen LogP contribution in [0.4, 0.5) is 5.69 Å². The van der Waals surface area contributed by atoms with Gasteiger partial charge in [-0.15, -0.1) is 24.0 Å². The van der Waals surface area contributed by atoms with Crippen LogP contribution in [0.1, 0.15) is 20.3 Å². The number of halogens is 1. The molecule has 1 aromatic rings. The van der Waals surface area contributed by atoms with Gasteiger partial charge in [0.25, 0.3) is 0 Å². The van der Waals surface area contributed by atoms with Crippen molar-refractivity contribution in [3.05, 3.63) is 30.3 Å². The maximum absolute atomic E-state index is 11.6. The Kier molecular flexibility index (Phi) is 9.79. The molecule has 0 unspecified atom stereocenters. The highest BCUT2D eigenvalue weighted by molar-refractivity contribution is 14.0. The summed E-state index contributed by atoms with van der Waals surface area (Å²) in [5.41, 5.74) is 6.42. The molecule has 0 atom stereocenters. The molecule has 0 saturated carbocycles. The third-order valence-corrected chi connectivity index (χ3v) is 2.48. The largest absolute Gasteiger partial charge is 0.370 e. The molecule has 0 aromatic heterocycles. The van der Waals surface area contributed by atoms with Gasteiger partial charge in [0.05, 0.1) is 0 Å². The lowest BCUT2D eigenvalue weighted by atomic mass is 10.1. The molecular weight excluding hydrogens is 367 g/mol. The van der Waals surface area contributed by atoms with Crippen molar-refractivity contribution in [2.45, 2.75) is 20.3 Å². The second-order valence-corrected chi connectivity index (χ2v) is 4.72. The number of guanidine groups is 1. The van der Waals surface area contributed by atoms with Crippen molar-refractivity contribution in [1.29, 1.82) is 0 Å². The molecule has 20 heavy (non-hydrogen) atoms. The normalized spacial score (nSPS) is 10.8. The molecule has 5 nitrogen and oxygen atoms in total. The molecule has 0 heterocycles. The molecule has 1 aromatic carbocycles. The van der Waals surface area contributed by atoms with E-state index in [1.54, 1.807) is 0 Å². The number of hydrogen-bond acceptors (Lipinski definition) is 2. The van der Waals surface area contributed by atoms with E-state index in [2.05, 4.69) is 29.5 Å². The van der Waals surface area contributed by atoms with Crippen LogP contribution in [-0.2, 0) is 4.79 Å². The minimum absolute atomic E-state index is 0. The Bertz CT molecular complexity index is 420. The fourth-order valence-corrected chi connectivity index (χ4v) is 1.42. The predicted octanol–water partition coefficient (Wildman–Crippen LogP) is 2.19. The summed E-state index contributed by atoms with van der Waals surface area (Å²) in [6.07, 6.45) is 1.02. The number of rotatable bonds is 6. The zero-order chi connectivity index (χ0) is 14.1. The number of nitrogens with two attached hydrogens (primary N) is 1. The summed E-state index contributed by atoms with van der Waals surface area (Å²) in [7, 11) is 0. The van der Waals surface area contributed by atoms with Crippen molar-refractivity contribution < 1.29 is 4.79 Å². The number of anilines is 1. The molecule has 0 bridgehead atoms. The molecule has 1 amide bonds. The molecular formula is C14H23IN4O. The van der Waals surface area contributed by atoms with Crippen LogP contribution in [0.2, 0.25) is 0 Å². The van der Waals surface area contributed by atoms with E-state index in [1.807, 2.05) is 30.3 Å². The van der Waals surface area contributed by atoms with E-state index >= 15 is 0 Å². The summed E-state index contributed by atoms with van der Waals surface area (Å²) in [6, 6.07) is 9.27. The topological polar surface area (TPSA) is 79.5 Å². The highest BCUT2D eigenvalue weighted by atomic mass is 127. The van der Waals surface area contributed by atoms with Crippen molar-refractivity contribution >= 4 is 41.5 Å². The van der Waals surface area contributed by atoms with Crippen LogP contribution in [0.3, 0.4) is 0 Å². The molecule has 0 aliphatic rings. The number of amides is 1. The SMILES string of the molecule is CC(C)CCNC(N)=NCC(=O)Nc1ccccc1.I. The first-order chi connectivity index (χ1) is 9.08. The lowest BCUT2D eigenvalue weighted by Crippen LogP contribution is -2.34. The van der Waals surface area contributed by atoms with E-state index in [0.29, 0.717) is 11.9 Å². The van der Waals surface area contributed by atoms with E-state index in [4.69, 9.17) is 5.73 Å². The maximum Gasteiger partial charge on any atom is 0.246 e. The van der Waals surface area contributed by atoms with Gasteiger partial charge in [0.2, 0.25) is 5.91 Å². The lowest BCUT2D eigenvalue weighted by molar-refractivity contribution is -0.114. The molecule has 0 radical (unpaired) electrons. The number of carbonyl (C=O) groups excluding carboxylic acids is 1. The summed E-state index contributed by atoms with van der Waals surface area (Å²) in [6.45, 7) is 5.08. The second kappa shape index (κ2) is 10.5. The van der Waals surface area contributed by atoms with Crippen molar-refractivity contribution in [3.8, 4) is 0 Å². The number of hydrogen-bond donors (Lipinski definition) is 3. The summed E-state index contributed by atoms with van der Waals surface area (Å²) in [4.78, 5) is 15.6. The maximum atomic E-state index is 11.6. The summed E-state index contributed by atoms with van der Waals surface area (Å²) in [5, 5.41) is 5.72. The Morgan fingerprint density at radius 2 is 1.95 bits per heavy atom. The number of nitrogens with zero attached hydrogens (tertiary/aromatic N) is 1. The average molecular weight is 390 g/mol. The molecule has 6 heteroatoms. The molecule has 112 valence electrons.